The molecule has 5 nitrogen and oxygen atoms in total. The molecule has 1 aromatic carbocycles. The third-order valence-corrected chi connectivity index (χ3v) is 3.51. The maximum Gasteiger partial charge on any atom is 0.162 e. The molecule has 0 aliphatic heterocycles. The number of rotatable bonds is 5. The summed E-state index contributed by atoms with van der Waals surface area (Å²) in [6.45, 7) is 4.84. The van der Waals surface area contributed by atoms with Crippen LogP contribution in [0.2, 0.25) is 0 Å². The standard InChI is InChI=1S/C15H21N3O2/c1-10-13(11(2)18(3)17-10)9-16-12-6-7-14(19-4)15(8-12)20-5/h6-8,16H,9H2,1-5H3. The normalized spacial score (nSPS) is 10.4. The van der Waals surface area contributed by atoms with Crippen molar-refractivity contribution in [3.63, 3.8) is 0 Å². The molecule has 0 aliphatic carbocycles. The molecule has 0 aliphatic rings. The molecule has 0 spiro atoms. The van der Waals surface area contributed by atoms with E-state index in [1.165, 1.54) is 11.3 Å². The maximum atomic E-state index is 5.30. The highest BCUT2D eigenvalue weighted by Gasteiger charge is 2.09. The van der Waals surface area contributed by atoms with E-state index in [0.717, 1.165) is 29.4 Å². The first-order valence-corrected chi connectivity index (χ1v) is 6.51. The zero-order valence-corrected chi connectivity index (χ0v) is 12.7. The molecule has 108 valence electrons. The Morgan fingerprint density at radius 2 is 1.85 bits per heavy atom. The molecule has 20 heavy (non-hydrogen) atoms. The smallest absolute Gasteiger partial charge is 0.162 e. The van der Waals surface area contributed by atoms with Gasteiger partial charge in [-0.1, -0.05) is 0 Å². The van der Waals surface area contributed by atoms with Crippen molar-refractivity contribution in [2.24, 2.45) is 7.05 Å². The van der Waals surface area contributed by atoms with Crippen LogP contribution in [0.1, 0.15) is 17.0 Å². The minimum atomic E-state index is 0.720. The van der Waals surface area contributed by atoms with E-state index in [-0.39, 0.29) is 0 Å². The van der Waals surface area contributed by atoms with E-state index < -0.39 is 0 Å². The van der Waals surface area contributed by atoms with Gasteiger partial charge >= 0.3 is 0 Å². The van der Waals surface area contributed by atoms with Gasteiger partial charge in [-0.05, 0) is 26.0 Å². The van der Waals surface area contributed by atoms with E-state index >= 15 is 0 Å². The number of benzene rings is 1. The van der Waals surface area contributed by atoms with Gasteiger partial charge in [0.05, 0.1) is 19.9 Å². The van der Waals surface area contributed by atoms with E-state index in [9.17, 15) is 0 Å². The van der Waals surface area contributed by atoms with E-state index in [4.69, 9.17) is 9.47 Å². The molecule has 0 bridgehead atoms. The summed E-state index contributed by atoms with van der Waals surface area (Å²) in [5.41, 5.74) is 4.45. The number of hydrogen-bond acceptors (Lipinski definition) is 4. The lowest BCUT2D eigenvalue weighted by Crippen LogP contribution is -2.03. The fraction of sp³-hybridized carbons (Fsp3) is 0.400. The fourth-order valence-electron chi connectivity index (χ4n) is 2.21. The Balaban J connectivity index is 2.15. The van der Waals surface area contributed by atoms with Crippen molar-refractivity contribution in [3.8, 4) is 11.5 Å². The SMILES string of the molecule is COc1ccc(NCc2c(C)nn(C)c2C)cc1OC. The van der Waals surface area contributed by atoms with Gasteiger partial charge < -0.3 is 14.8 Å². The van der Waals surface area contributed by atoms with Crippen LogP contribution in [0, 0.1) is 13.8 Å². The van der Waals surface area contributed by atoms with Crippen LogP contribution in [0.25, 0.3) is 0 Å². The average Bonchev–Trinajstić information content (AvgIpc) is 2.70. The minimum absolute atomic E-state index is 0.720. The van der Waals surface area contributed by atoms with Gasteiger partial charge in [0.1, 0.15) is 0 Å². The summed E-state index contributed by atoms with van der Waals surface area (Å²) in [6.07, 6.45) is 0. The van der Waals surface area contributed by atoms with Gasteiger partial charge in [-0.3, -0.25) is 4.68 Å². The molecule has 0 atom stereocenters. The number of nitrogens with zero attached hydrogens (tertiary/aromatic N) is 2. The molecule has 1 heterocycles. The summed E-state index contributed by atoms with van der Waals surface area (Å²) in [5.74, 6) is 1.45. The van der Waals surface area contributed by atoms with E-state index in [1.807, 2.05) is 36.9 Å². The van der Waals surface area contributed by atoms with E-state index in [0.29, 0.717) is 0 Å². The van der Waals surface area contributed by atoms with Crippen molar-refractivity contribution in [1.82, 2.24) is 9.78 Å². The Morgan fingerprint density at radius 3 is 2.40 bits per heavy atom. The highest BCUT2D eigenvalue weighted by molar-refractivity contribution is 5.55. The van der Waals surface area contributed by atoms with Crippen LogP contribution in [0.3, 0.4) is 0 Å². The summed E-state index contributed by atoms with van der Waals surface area (Å²) in [5, 5.41) is 7.81. The second-order valence-electron chi connectivity index (χ2n) is 4.70. The summed E-state index contributed by atoms with van der Waals surface area (Å²) >= 11 is 0. The third kappa shape index (κ3) is 2.71. The van der Waals surface area contributed by atoms with Gasteiger partial charge in [-0.2, -0.15) is 5.10 Å². The Kier molecular flexibility index (Phi) is 4.17. The van der Waals surface area contributed by atoms with Crippen LogP contribution >= 0.6 is 0 Å². The predicted octanol–water partition coefficient (Wildman–Crippen LogP) is 2.67. The van der Waals surface area contributed by atoms with Crippen LogP contribution in [-0.4, -0.2) is 24.0 Å². The maximum absolute atomic E-state index is 5.30. The lowest BCUT2D eigenvalue weighted by atomic mass is 10.2. The lowest BCUT2D eigenvalue weighted by molar-refractivity contribution is 0.355. The quantitative estimate of drug-likeness (QED) is 0.911. The molecule has 0 amide bonds. The number of aromatic nitrogens is 2. The minimum Gasteiger partial charge on any atom is -0.493 e. The molecular formula is C15H21N3O2. The molecule has 0 radical (unpaired) electrons. The third-order valence-electron chi connectivity index (χ3n) is 3.51. The van der Waals surface area contributed by atoms with Crippen LogP contribution in [0.4, 0.5) is 5.69 Å². The second kappa shape index (κ2) is 5.86. The van der Waals surface area contributed by atoms with Gasteiger partial charge in [0.25, 0.3) is 0 Å². The Hall–Kier alpha value is -2.17. The zero-order chi connectivity index (χ0) is 14.7. The van der Waals surface area contributed by atoms with Crippen LogP contribution < -0.4 is 14.8 Å². The Morgan fingerprint density at radius 1 is 1.15 bits per heavy atom. The summed E-state index contributed by atoms with van der Waals surface area (Å²) in [4.78, 5) is 0. The first-order valence-electron chi connectivity index (χ1n) is 6.51. The van der Waals surface area contributed by atoms with Crippen LogP contribution in [-0.2, 0) is 13.6 Å². The lowest BCUT2D eigenvalue weighted by Gasteiger charge is -2.11. The molecule has 0 unspecified atom stereocenters. The van der Waals surface area contributed by atoms with Gasteiger partial charge in [-0.15, -0.1) is 0 Å². The van der Waals surface area contributed by atoms with Gasteiger partial charge in [0, 0.05) is 36.6 Å². The second-order valence-corrected chi connectivity index (χ2v) is 4.70. The number of nitrogens with one attached hydrogen (secondary N) is 1. The molecule has 2 rings (SSSR count). The summed E-state index contributed by atoms with van der Waals surface area (Å²) < 4.78 is 12.4. The summed E-state index contributed by atoms with van der Waals surface area (Å²) in [6, 6.07) is 5.80. The van der Waals surface area contributed by atoms with Crippen molar-refractivity contribution in [2.75, 3.05) is 19.5 Å². The molecular weight excluding hydrogens is 254 g/mol. The zero-order valence-electron chi connectivity index (χ0n) is 12.7. The van der Waals surface area contributed by atoms with Crippen molar-refractivity contribution >= 4 is 5.69 Å². The van der Waals surface area contributed by atoms with Gasteiger partial charge in [0.2, 0.25) is 0 Å². The van der Waals surface area contributed by atoms with Crippen LogP contribution in [0.5, 0.6) is 11.5 Å². The molecule has 1 aromatic heterocycles. The van der Waals surface area contributed by atoms with Crippen molar-refractivity contribution < 1.29 is 9.47 Å². The topological polar surface area (TPSA) is 48.3 Å². The molecule has 0 saturated carbocycles. The number of hydrogen-bond donors (Lipinski definition) is 1. The largest absolute Gasteiger partial charge is 0.493 e. The molecule has 1 N–H and O–H groups in total. The highest BCUT2D eigenvalue weighted by atomic mass is 16.5. The van der Waals surface area contributed by atoms with Crippen molar-refractivity contribution in [1.29, 1.82) is 0 Å². The average molecular weight is 275 g/mol. The number of aryl methyl sites for hydroxylation is 2. The number of anilines is 1. The first-order chi connectivity index (χ1) is 9.56. The van der Waals surface area contributed by atoms with Gasteiger partial charge in [0.15, 0.2) is 11.5 Å². The molecule has 0 saturated heterocycles. The summed E-state index contributed by atoms with van der Waals surface area (Å²) in [7, 11) is 5.23. The fourth-order valence-corrected chi connectivity index (χ4v) is 2.21. The van der Waals surface area contributed by atoms with E-state index in [2.05, 4.69) is 17.3 Å². The van der Waals surface area contributed by atoms with Crippen molar-refractivity contribution in [2.45, 2.75) is 20.4 Å². The van der Waals surface area contributed by atoms with Crippen molar-refractivity contribution in [3.05, 3.63) is 35.2 Å². The highest BCUT2D eigenvalue weighted by Crippen LogP contribution is 2.30. The molecule has 0 fully saturated rings. The first kappa shape index (κ1) is 14.2. The monoisotopic (exact) mass is 275 g/mol. The molecule has 2 aromatic rings. The van der Waals surface area contributed by atoms with E-state index in [1.54, 1.807) is 14.2 Å². The number of methoxy groups -OCH3 is 2. The van der Waals surface area contributed by atoms with Gasteiger partial charge in [-0.25, -0.2) is 0 Å². The van der Waals surface area contributed by atoms with Crippen LogP contribution in [0.15, 0.2) is 18.2 Å². The predicted molar refractivity (Wildman–Crippen MR) is 79.6 cm³/mol. The molecule has 5 heteroatoms. The Labute approximate surface area is 119 Å². The Bertz CT molecular complexity index is 605. The number of ether oxygens (including phenoxy) is 2.